The van der Waals surface area contributed by atoms with Crippen LogP contribution in [0.2, 0.25) is 0 Å². The van der Waals surface area contributed by atoms with Crippen LogP contribution >= 0.6 is 0 Å². The monoisotopic (exact) mass is 461 g/mol. The van der Waals surface area contributed by atoms with Crippen molar-refractivity contribution in [3.63, 3.8) is 0 Å². The van der Waals surface area contributed by atoms with E-state index in [1.165, 1.54) is 11.2 Å². The van der Waals surface area contributed by atoms with E-state index in [0.717, 1.165) is 25.7 Å². The number of esters is 1. The van der Waals surface area contributed by atoms with Crippen molar-refractivity contribution >= 4 is 23.5 Å². The maximum absolute atomic E-state index is 13.6. The van der Waals surface area contributed by atoms with Gasteiger partial charge in [0.2, 0.25) is 5.91 Å². The highest BCUT2D eigenvalue weighted by Crippen LogP contribution is 2.31. The van der Waals surface area contributed by atoms with E-state index in [1.807, 2.05) is 0 Å². The lowest BCUT2D eigenvalue weighted by Gasteiger charge is -2.31. The number of carbonyl (C=O) groups is 3. The van der Waals surface area contributed by atoms with Gasteiger partial charge in [-0.25, -0.2) is 4.79 Å². The largest absolute Gasteiger partial charge is 0.462 e. The zero-order valence-corrected chi connectivity index (χ0v) is 19.0. The van der Waals surface area contributed by atoms with Gasteiger partial charge in [-0.3, -0.25) is 19.5 Å². The smallest absolute Gasteiger partial charge is 0.338 e. The molecule has 0 bridgehead atoms. The summed E-state index contributed by atoms with van der Waals surface area (Å²) in [5.74, 6) is -1.12. The van der Waals surface area contributed by atoms with Gasteiger partial charge in [-0.15, -0.1) is 0 Å². The third-order valence-corrected chi connectivity index (χ3v) is 5.84. The van der Waals surface area contributed by atoms with Gasteiger partial charge in [0.25, 0.3) is 5.91 Å². The number of carbonyl (C=O) groups excluding carboxylic acids is 3. The third kappa shape index (κ3) is 5.17. The van der Waals surface area contributed by atoms with Crippen molar-refractivity contribution in [2.75, 3.05) is 11.5 Å². The minimum atomic E-state index is -0.963. The van der Waals surface area contributed by atoms with E-state index in [2.05, 4.69) is 10.3 Å². The molecule has 1 aliphatic carbocycles. The minimum Gasteiger partial charge on any atom is -0.462 e. The Bertz CT molecular complexity index is 1110. The van der Waals surface area contributed by atoms with Gasteiger partial charge in [0.15, 0.2) is 5.76 Å². The predicted molar refractivity (Wildman–Crippen MR) is 125 cm³/mol. The van der Waals surface area contributed by atoms with E-state index < -0.39 is 17.9 Å². The van der Waals surface area contributed by atoms with Crippen LogP contribution in [0.4, 0.5) is 5.69 Å². The zero-order chi connectivity index (χ0) is 23.9. The molecule has 2 heterocycles. The molecule has 1 fully saturated rings. The second-order valence-corrected chi connectivity index (χ2v) is 8.09. The van der Waals surface area contributed by atoms with Gasteiger partial charge in [-0.2, -0.15) is 0 Å². The average molecular weight is 462 g/mol. The van der Waals surface area contributed by atoms with Crippen LogP contribution in [-0.2, 0) is 9.53 Å². The Kier molecular flexibility index (Phi) is 7.37. The molecule has 1 aromatic carbocycles. The van der Waals surface area contributed by atoms with Gasteiger partial charge >= 0.3 is 5.97 Å². The molecule has 176 valence electrons. The molecule has 1 atom stereocenters. The van der Waals surface area contributed by atoms with E-state index in [9.17, 15) is 14.4 Å². The van der Waals surface area contributed by atoms with Crippen LogP contribution in [0.15, 0.2) is 71.6 Å². The van der Waals surface area contributed by atoms with Crippen LogP contribution < -0.4 is 10.2 Å². The fraction of sp³-hybridized carbons (Fsp3) is 0.308. The van der Waals surface area contributed by atoms with Crippen molar-refractivity contribution in [2.45, 2.75) is 44.7 Å². The summed E-state index contributed by atoms with van der Waals surface area (Å²) in [5.41, 5.74) is 1.41. The Balaban J connectivity index is 1.76. The molecule has 0 spiro atoms. The highest BCUT2D eigenvalue weighted by atomic mass is 16.5. The van der Waals surface area contributed by atoms with Gasteiger partial charge in [0.05, 0.1) is 18.4 Å². The summed E-state index contributed by atoms with van der Waals surface area (Å²) >= 11 is 0. The van der Waals surface area contributed by atoms with Crippen molar-refractivity contribution in [1.29, 1.82) is 0 Å². The molecular weight excluding hydrogens is 434 g/mol. The number of ether oxygens (including phenoxy) is 1. The van der Waals surface area contributed by atoms with Crippen LogP contribution in [0.3, 0.4) is 0 Å². The van der Waals surface area contributed by atoms with Crippen LogP contribution in [0.1, 0.15) is 65.1 Å². The number of anilines is 1. The molecule has 1 N–H and O–H groups in total. The average Bonchev–Trinajstić information content (AvgIpc) is 3.57. The van der Waals surface area contributed by atoms with Gasteiger partial charge < -0.3 is 14.5 Å². The predicted octanol–water partition coefficient (Wildman–Crippen LogP) is 4.30. The van der Waals surface area contributed by atoms with Crippen LogP contribution in [-0.4, -0.2) is 35.4 Å². The van der Waals surface area contributed by atoms with Crippen molar-refractivity contribution < 1.29 is 23.5 Å². The Morgan fingerprint density at radius 2 is 1.79 bits per heavy atom. The topological polar surface area (TPSA) is 102 Å². The summed E-state index contributed by atoms with van der Waals surface area (Å²) in [6, 6.07) is 12.1. The normalized spacial score (nSPS) is 14.4. The molecule has 0 aliphatic heterocycles. The first kappa shape index (κ1) is 23.2. The Morgan fingerprint density at radius 3 is 2.41 bits per heavy atom. The minimum absolute atomic E-state index is 0.0728. The number of pyridine rings is 1. The summed E-state index contributed by atoms with van der Waals surface area (Å²) in [7, 11) is 0. The molecule has 3 aromatic rings. The Hall–Kier alpha value is -3.94. The Labute approximate surface area is 197 Å². The Morgan fingerprint density at radius 1 is 1.09 bits per heavy atom. The number of amides is 2. The lowest BCUT2D eigenvalue weighted by Crippen LogP contribution is -2.46. The first-order chi connectivity index (χ1) is 16.6. The molecule has 8 heteroatoms. The maximum atomic E-state index is 13.6. The number of nitrogens with zero attached hydrogens (tertiary/aromatic N) is 2. The van der Waals surface area contributed by atoms with E-state index in [-0.39, 0.29) is 24.3 Å². The first-order valence-electron chi connectivity index (χ1n) is 11.4. The highest BCUT2D eigenvalue weighted by Gasteiger charge is 2.35. The maximum Gasteiger partial charge on any atom is 0.338 e. The van der Waals surface area contributed by atoms with E-state index >= 15 is 0 Å². The molecule has 1 saturated carbocycles. The second-order valence-electron chi connectivity index (χ2n) is 8.09. The van der Waals surface area contributed by atoms with E-state index in [1.54, 1.807) is 67.8 Å². The SMILES string of the molecule is CCOC(=O)c1ccc(N(C(=O)c2ccco2)[C@H](C(=O)NC2CCCC2)c2ccncc2)cc1. The van der Waals surface area contributed by atoms with Crippen LogP contribution in [0.5, 0.6) is 0 Å². The van der Waals surface area contributed by atoms with Gasteiger partial charge in [-0.05, 0) is 73.9 Å². The number of nitrogens with one attached hydrogen (secondary N) is 1. The lowest BCUT2D eigenvalue weighted by atomic mass is 10.0. The van der Waals surface area contributed by atoms with Crippen molar-refractivity contribution in [3.05, 3.63) is 84.1 Å². The quantitative estimate of drug-likeness (QED) is 0.502. The fourth-order valence-corrected chi connectivity index (χ4v) is 4.19. The summed E-state index contributed by atoms with van der Waals surface area (Å²) < 4.78 is 10.4. The molecule has 8 nitrogen and oxygen atoms in total. The summed E-state index contributed by atoms with van der Waals surface area (Å²) in [4.78, 5) is 44.8. The summed E-state index contributed by atoms with van der Waals surface area (Å²) in [6.07, 6.45) is 8.54. The van der Waals surface area contributed by atoms with E-state index in [0.29, 0.717) is 16.8 Å². The number of furan rings is 1. The molecule has 0 saturated heterocycles. The van der Waals surface area contributed by atoms with Crippen molar-refractivity contribution in [2.24, 2.45) is 0 Å². The highest BCUT2D eigenvalue weighted by molar-refractivity contribution is 6.09. The molecule has 0 radical (unpaired) electrons. The lowest BCUT2D eigenvalue weighted by molar-refractivity contribution is -0.123. The molecule has 34 heavy (non-hydrogen) atoms. The number of hydrogen-bond acceptors (Lipinski definition) is 6. The van der Waals surface area contributed by atoms with E-state index in [4.69, 9.17) is 9.15 Å². The molecular formula is C26H27N3O5. The molecule has 2 aromatic heterocycles. The van der Waals surface area contributed by atoms with Gasteiger partial charge in [0.1, 0.15) is 6.04 Å². The summed E-state index contributed by atoms with van der Waals surface area (Å²) in [5, 5.41) is 3.12. The van der Waals surface area contributed by atoms with Gasteiger partial charge in [-0.1, -0.05) is 12.8 Å². The standard InChI is InChI=1S/C26H27N3O5/c1-2-33-26(32)19-9-11-21(12-10-19)29(25(31)22-8-5-17-34-22)23(18-13-15-27-16-14-18)24(30)28-20-6-3-4-7-20/h5,8-17,20,23H,2-4,6-7H2,1H3,(H,28,30)/t23-/m0/s1. The number of aromatic nitrogens is 1. The van der Waals surface area contributed by atoms with Gasteiger partial charge in [0, 0.05) is 24.1 Å². The van der Waals surface area contributed by atoms with Crippen LogP contribution in [0, 0.1) is 0 Å². The van der Waals surface area contributed by atoms with Crippen molar-refractivity contribution in [1.82, 2.24) is 10.3 Å². The fourth-order valence-electron chi connectivity index (χ4n) is 4.19. The zero-order valence-electron chi connectivity index (χ0n) is 19.0. The molecule has 0 unspecified atom stereocenters. The molecule has 2 amide bonds. The number of benzene rings is 1. The second kappa shape index (κ2) is 10.8. The molecule has 4 rings (SSSR count). The third-order valence-electron chi connectivity index (χ3n) is 5.84. The summed E-state index contributed by atoms with van der Waals surface area (Å²) in [6.45, 7) is 1.99. The number of rotatable bonds is 8. The first-order valence-corrected chi connectivity index (χ1v) is 11.4. The molecule has 1 aliphatic rings. The van der Waals surface area contributed by atoms with Crippen LogP contribution in [0.25, 0.3) is 0 Å². The van der Waals surface area contributed by atoms with Crippen molar-refractivity contribution in [3.8, 4) is 0 Å². The number of hydrogen-bond donors (Lipinski definition) is 1.